The third kappa shape index (κ3) is 6.04. The summed E-state index contributed by atoms with van der Waals surface area (Å²) in [6, 6.07) is 16.1. The number of benzene rings is 2. The van der Waals surface area contributed by atoms with Crippen LogP contribution in [0.25, 0.3) is 17.5 Å². The maximum Gasteiger partial charge on any atom is 0.430 e. The first kappa shape index (κ1) is 22.6. The Labute approximate surface area is 191 Å². The number of anilines is 1. The molecule has 3 aromatic rings. The number of amides is 1. The van der Waals surface area contributed by atoms with Gasteiger partial charge in [0.15, 0.2) is 0 Å². The van der Waals surface area contributed by atoms with Crippen molar-refractivity contribution in [2.24, 2.45) is 0 Å². The van der Waals surface area contributed by atoms with Crippen molar-refractivity contribution >= 4 is 27.9 Å². The fraction of sp³-hybridized carbons (Fsp3) is 0.227. The minimum absolute atomic E-state index is 0.216. The van der Waals surface area contributed by atoms with E-state index in [1.165, 1.54) is 14.8 Å². The summed E-state index contributed by atoms with van der Waals surface area (Å²) in [6.07, 6.45) is 0.912. The van der Waals surface area contributed by atoms with E-state index in [2.05, 4.69) is 15.5 Å². The van der Waals surface area contributed by atoms with Crippen LogP contribution in [0.2, 0.25) is 0 Å². The second-order valence-corrected chi connectivity index (χ2v) is 9.12. The van der Waals surface area contributed by atoms with E-state index in [0.29, 0.717) is 17.4 Å². The molecular weight excluding hydrogens is 446 g/mol. The van der Waals surface area contributed by atoms with E-state index >= 15 is 0 Å². The number of sulfonamides is 1. The number of aromatic nitrogens is 2. The molecule has 2 aromatic carbocycles. The van der Waals surface area contributed by atoms with Gasteiger partial charge >= 0.3 is 6.09 Å². The summed E-state index contributed by atoms with van der Waals surface area (Å²) in [5.74, 6) is 0.934. The van der Waals surface area contributed by atoms with E-state index < -0.39 is 16.1 Å². The van der Waals surface area contributed by atoms with Crippen LogP contribution in [0.3, 0.4) is 0 Å². The highest BCUT2D eigenvalue weighted by atomic mass is 32.2. The number of hydrogen-bond donors (Lipinski definition) is 1. The standard InChI is InChI=1S/C22H23N5O5S/c1-17-23-21(25-31-17)19-7-9-20(10-8-19)24-22(28)32-26-12-14-27(15-13-26)33(29,30)16-11-18-5-3-2-4-6-18/h2-11,16H,12-15H2,1H3,(H,24,28). The second kappa shape index (κ2) is 9.94. The molecule has 1 fully saturated rings. The summed E-state index contributed by atoms with van der Waals surface area (Å²) >= 11 is 0. The lowest BCUT2D eigenvalue weighted by atomic mass is 10.2. The van der Waals surface area contributed by atoms with Crippen molar-refractivity contribution in [3.8, 4) is 11.4 Å². The summed E-state index contributed by atoms with van der Waals surface area (Å²) in [6.45, 7) is 2.67. The first-order chi connectivity index (χ1) is 15.9. The van der Waals surface area contributed by atoms with Crippen molar-refractivity contribution in [2.75, 3.05) is 31.5 Å². The molecule has 1 saturated heterocycles. The Morgan fingerprint density at radius 2 is 1.76 bits per heavy atom. The fourth-order valence-corrected chi connectivity index (χ4v) is 4.38. The van der Waals surface area contributed by atoms with Gasteiger partial charge < -0.3 is 9.36 Å². The van der Waals surface area contributed by atoms with Crippen LogP contribution in [0, 0.1) is 6.92 Å². The molecule has 0 radical (unpaired) electrons. The normalized spacial score (nSPS) is 15.5. The molecular formula is C22H23N5O5S. The molecule has 172 valence electrons. The molecule has 0 atom stereocenters. The summed E-state index contributed by atoms with van der Waals surface area (Å²) in [5, 5.41) is 9.13. The minimum atomic E-state index is -3.55. The summed E-state index contributed by atoms with van der Waals surface area (Å²) in [5.41, 5.74) is 2.10. The summed E-state index contributed by atoms with van der Waals surface area (Å²) < 4.78 is 31.4. The number of nitrogens with zero attached hydrogens (tertiary/aromatic N) is 4. The van der Waals surface area contributed by atoms with Gasteiger partial charge in [-0.3, -0.25) is 5.32 Å². The highest BCUT2D eigenvalue weighted by molar-refractivity contribution is 7.92. The molecule has 0 saturated carbocycles. The van der Waals surface area contributed by atoms with Crippen LogP contribution in [-0.2, 0) is 14.9 Å². The van der Waals surface area contributed by atoms with Crippen molar-refractivity contribution in [1.82, 2.24) is 19.5 Å². The van der Waals surface area contributed by atoms with Gasteiger partial charge in [0, 0.05) is 49.8 Å². The summed E-state index contributed by atoms with van der Waals surface area (Å²) in [4.78, 5) is 21.7. The Hall–Kier alpha value is -3.54. The van der Waals surface area contributed by atoms with Crippen molar-refractivity contribution in [3.05, 3.63) is 71.5 Å². The SMILES string of the molecule is Cc1nc(-c2ccc(NC(=O)ON3CCN(S(=O)(=O)C=Cc4ccccc4)CC3)cc2)no1. The largest absolute Gasteiger partial charge is 0.430 e. The van der Waals surface area contributed by atoms with Crippen molar-refractivity contribution < 1.29 is 22.6 Å². The monoisotopic (exact) mass is 469 g/mol. The molecule has 1 aliphatic heterocycles. The zero-order chi connectivity index (χ0) is 23.3. The number of carbonyl (C=O) groups is 1. The number of nitrogens with one attached hydrogen (secondary N) is 1. The highest BCUT2D eigenvalue weighted by Crippen LogP contribution is 2.19. The van der Waals surface area contributed by atoms with Gasteiger partial charge in [-0.05, 0) is 35.9 Å². The molecule has 0 aliphatic carbocycles. The van der Waals surface area contributed by atoms with Gasteiger partial charge in [0.2, 0.25) is 21.7 Å². The van der Waals surface area contributed by atoms with Crippen molar-refractivity contribution in [2.45, 2.75) is 6.92 Å². The van der Waals surface area contributed by atoms with E-state index in [-0.39, 0.29) is 26.2 Å². The average molecular weight is 470 g/mol. The first-order valence-corrected chi connectivity index (χ1v) is 11.8. The quantitative estimate of drug-likeness (QED) is 0.585. The molecule has 4 rings (SSSR count). The molecule has 0 spiro atoms. The number of hydrogen-bond acceptors (Lipinski definition) is 8. The Morgan fingerprint density at radius 3 is 2.39 bits per heavy atom. The average Bonchev–Trinajstić information content (AvgIpc) is 3.25. The van der Waals surface area contributed by atoms with Crippen LogP contribution in [0.5, 0.6) is 0 Å². The predicted molar refractivity (Wildman–Crippen MR) is 122 cm³/mol. The van der Waals surface area contributed by atoms with Crippen LogP contribution in [0.4, 0.5) is 10.5 Å². The van der Waals surface area contributed by atoms with E-state index in [4.69, 9.17) is 9.36 Å². The predicted octanol–water partition coefficient (Wildman–Crippen LogP) is 3.13. The van der Waals surface area contributed by atoms with Crippen LogP contribution >= 0.6 is 0 Å². The molecule has 1 amide bonds. The lowest BCUT2D eigenvalue weighted by Gasteiger charge is -2.31. The molecule has 0 unspecified atom stereocenters. The van der Waals surface area contributed by atoms with Gasteiger partial charge in [0.05, 0.1) is 0 Å². The highest BCUT2D eigenvalue weighted by Gasteiger charge is 2.27. The van der Waals surface area contributed by atoms with Crippen LogP contribution in [-0.4, -0.2) is 60.2 Å². The van der Waals surface area contributed by atoms with Crippen LogP contribution in [0.15, 0.2) is 64.5 Å². The third-order valence-corrected chi connectivity index (χ3v) is 6.48. The summed E-state index contributed by atoms with van der Waals surface area (Å²) in [7, 11) is -3.55. The van der Waals surface area contributed by atoms with E-state index in [9.17, 15) is 13.2 Å². The lowest BCUT2D eigenvalue weighted by molar-refractivity contribution is -0.109. The molecule has 1 aliphatic rings. The Bertz CT molecular complexity index is 1220. The number of carbonyl (C=O) groups excluding carboxylic acids is 1. The fourth-order valence-electron chi connectivity index (χ4n) is 3.21. The molecule has 2 heterocycles. The van der Waals surface area contributed by atoms with Gasteiger partial charge in [0.25, 0.3) is 0 Å². The maximum atomic E-state index is 12.5. The molecule has 11 heteroatoms. The molecule has 0 bridgehead atoms. The molecule has 1 N–H and O–H groups in total. The van der Waals surface area contributed by atoms with Gasteiger partial charge in [-0.2, -0.15) is 9.29 Å². The van der Waals surface area contributed by atoms with E-state index in [1.807, 2.05) is 30.3 Å². The Kier molecular flexibility index (Phi) is 6.82. The lowest BCUT2D eigenvalue weighted by Crippen LogP contribution is -2.48. The first-order valence-electron chi connectivity index (χ1n) is 10.3. The van der Waals surface area contributed by atoms with Crippen molar-refractivity contribution in [1.29, 1.82) is 0 Å². The van der Waals surface area contributed by atoms with Gasteiger partial charge in [-0.15, -0.1) is 5.06 Å². The van der Waals surface area contributed by atoms with E-state index in [0.717, 1.165) is 11.1 Å². The van der Waals surface area contributed by atoms with Gasteiger partial charge in [-0.25, -0.2) is 13.2 Å². The number of rotatable bonds is 6. The Balaban J connectivity index is 1.25. The van der Waals surface area contributed by atoms with Gasteiger partial charge in [-0.1, -0.05) is 35.5 Å². The topological polar surface area (TPSA) is 118 Å². The van der Waals surface area contributed by atoms with E-state index in [1.54, 1.807) is 37.3 Å². The number of piperazine rings is 1. The van der Waals surface area contributed by atoms with Crippen LogP contribution in [0.1, 0.15) is 11.5 Å². The minimum Gasteiger partial charge on any atom is -0.351 e. The number of aryl methyl sites for hydroxylation is 1. The number of hydroxylamine groups is 2. The van der Waals surface area contributed by atoms with Crippen LogP contribution < -0.4 is 5.32 Å². The zero-order valence-electron chi connectivity index (χ0n) is 17.9. The van der Waals surface area contributed by atoms with Crippen molar-refractivity contribution in [3.63, 3.8) is 0 Å². The third-order valence-electron chi connectivity index (χ3n) is 4.92. The zero-order valence-corrected chi connectivity index (χ0v) is 18.7. The second-order valence-electron chi connectivity index (χ2n) is 7.30. The smallest absolute Gasteiger partial charge is 0.351 e. The molecule has 1 aromatic heterocycles. The maximum absolute atomic E-state index is 12.5. The molecule has 10 nitrogen and oxygen atoms in total. The molecule has 33 heavy (non-hydrogen) atoms. The van der Waals surface area contributed by atoms with Gasteiger partial charge in [0.1, 0.15) is 0 Å². The Morgan fingerprint density at radius 1 is 1.06 bits per heavy atom.